The molecule has 1 fully saturated rings. The van der Waals surface area contributed by atoms with Crippen LogP contribution in [0.1, 0.15) is 37.0 Å². The zero-order chi connectivity index (χ0) is 23.7. The number of Topliss-reactive ketones (excluding diaryl/α,β-unsaturated/α-hetero) is 1. The van der Waals surface area contributed by atoms with Gasteiger partial charge in [-0.05, 0) is 21.0 Å². The van der Waals surface area contributed by atoms with Gasteiger partial charge in [-0.2, -0.15) is 0 Å². The van der Waals surface area contributed by atoms with E-state index in [1.807, 2.05) is 0 Å². The number of hydrogen-bond donors (Lipinski definition) is 2. The predicted octanol–water partition coefficient (Wildman–Crippen LogP) is 1.16. The summed E-state index contributed by atoms with van der Waals surface area (Å²) in [6, 6.07) is 0. The van der Waals surface area contributed by atoms with Crippen molar-refractivity contribution in [3.8, 4) is 0 Å². The molecule has 0 aromatic carbocycles. The molecule has 0 spiro atoms. The third-order valence-electron chi connectivity index (χ3n) is 5.07. The third kappa shape index (κ3) is 5.05. The molecule has 5 atom stereocenters. The highest BCUT2D eigenvalue weighted by atomic mass is 32.2. The van der Waals surface area contributed by atoms with Crippen molar-refractivity contribution in [1.29, 1.82) is 0 Å². The molecule has 3 rings (SSSR count). The smallest absolute Gasteiger partial charge is 0.387 e. The fourth-order valence-electron chi connectivity index (χ4n) is 3.27. The van der Waals surface area contributed by atoms with Crippen molar-refractivity contribution in [1.82, 2.24) is 14.2 Å². The van der Waals surface area contributed by atoms with Gasteiger partial charge in [0.05, 0.1) is 19.5 Å². The zero-order valence-corrected chi connectivity index (χ0v) is 19.9. The monoisotopic (exact) mass is 490 g/mol. The number of ether oxygens (including phenoxy) is 1. The molecule has 3 heterocycles. The van der Waals surface area contributed by atoms with Crippen LogP contribution >= 0.6 is 19.5 Å². The van der Waals surface area contributed by atoms with Crippen LogP contribution in [0.3, 0.4) is 0 Å². The lowest BCUT2D eigenvalue weighted by molar-refractivity contribution is -0.114. The minimum atomic E-state index is -3.75. The van der Waals surface area contributed by atoms with Crippen LogP contribution in [-0.4, -0.2) is 92.4 Å². The van der Waals surface area contributed by atoms with E-state index >= 15 is 0 Å². The van der Waals surface area contributed by atoms with Crippen molar-refractivity contribution in [2.75, 3.05) is 33.1 Å². The fourth-order valence-corrected chi connectivity index (χ4v) is 5.12. The van der Waals surface area contributed by atoms with Gasteiger partial charge in [0.2, 0.25) is 0 Å². The molecule has 0 amide bonds. The zero-order valence-electron chi connectivity index (χ0n) is 18.2. The van der Waals surface area contributed by atoms with Crippen molar-refractivity contribution < 1.29 is 38.2 Å². The highest BCUT2D eigenvalue weighted by Crippen LogP contribution is 2.52. The molecule has 14 heteroatoms. The van der Waals surface area contributed by atoms with Crippen LogP contribution in [0.2, 0.25) is 0 Å². The number of aliphatic hydroxyl groups is 2. The molecule has 2 N–H and O–H groups in total. The summed E-state index contributed by atoms with van der Waals surface area (Å²) in [6.45, 7) is 2.57. The molecule has 2 unspecified atom stereocenters. The molecule has 0 aliphatic carbocycles. The summed E-state index contributed by atoms with van der Waals surface area (Å²) in [5.41, 5.74) is -1.29. The van der Waals surface area contributed by atoms with Gasteiger partial charge in [0.15, 0.2) is 28.6 Å². The third-order valence-corrected chi connectivity index (χ3v) is 7.80. The fraction of sp³-hybridized carbons (Fsp3) is 0.667. The van der Waals surface area contributed by atoms with Gasteiger partial charge < -0.3 is 14.9 Å². The van der Waals surface area contributed by atoms with E-state index in [2.05, 4.69) is 9.98 Å². The minimum absolute atomic E-state index is 0.0122. The quantitative estimate of drug-likeness (QED) is 0.379. The Bertz CT molecular complexity index is 953. The van der Waals surface area contributed by atoms with Crippen LogP contribution in [0.4, 0.5) is 5.82 Å². The number of ketones is 1. The van der Waals surface area contributed by atoms with Crippen molar-refractivity contribution in [2.45, 2.75) is 44.3 Å². The second-order valence-electron chi connectivity index (χ2n) is 7.78. The average Bonchev–Trinajstić information content (AvgIpc) is 3.26. The Balaban J connectivity index is 1.71. The first-order valence-corrected chi connectivity index (χ1v) is 12.3. The van der Waals surface area contributed by atoms with E-state index in [-0.39, 0.29) is 42.0 Å². The van der Waals surface area contributed by atoms with E-state index < -0.39 is 31.8 Å². The summed E-state index contributed by atoms with van der Waals surface area (Å²) in [5, 5.41) is 21.2. The average molecular weight is 490 g/mol. The lowest BCUT2D eigenvalue weighted by Crippen LogP contribution is -2.44. The Labute approximate surface area is 189 Å². The molecule has 1 aromatic rings. The highest BCUT2D eigenvalue weighted by Gasteiger charge is 2.54. The number of aliphatic imine (C=N–C) groups is 1. The van der Waals surface area contributed by atoms with Gasteiger partial charge in [0.25, 0.3) is 0 Å². The Morgan fingerprint density at radius 1 is 1.44 bits per heavy atom. The second kappa shape index (κ2) is 9.82. The number of imidazole rings is 1. The first-order chi connectivity index (χ1) is 15.0. The molecule has 0 bridgehead atoms. The maximum Gasteiger partial charge on any atom is 0.407 e. The van der Waals surface area contributed by atoms with Crippen molar-refractivity contribution >= 4 is 42.4 Å². The van der Waals surface area contributed by atoms with Gasteiger partial charge in [0.1, 0.15) is 17.8 Å². The number of thioether (sulfide) groups is 1. The van der Waals surface area contributed by atoms with E-state index in [4.69, 9.17) is 13.8 Å². The summed E-state index contributed by atoms with van der Waals surface area (Å²) in [5.74, 6) is 0.325. The van der Waals surface area contributed by atoms with Gasteiger partial charge >= 0.3 is 7.75 Å². The van der Waals surface area contributed by atoms with Crippen molar-refractivity contribution in [3.63, 3.8) is 0 Å². The molecular formula is C18H27N4O8PS. The summed E-state index contributed by atoms with van der Waals surface area (Å²) in [7, 11) is -0.728. The standard InChI is InChI=1S/C18H27N4O8PS/c1-11(23)32-8-7-28-31(27,21(3)4)29-9-18(2)15(26)14(25)17(30-18)22-10-20-13-12(24)5-6-19-16(13)22/h6,10,14-15,17,25-26H,5,7-9H2,1-4H3/t14?,15-,17-,18-,31?/m1/s1. The normalized spacial score (nSPS) is 29.3. The number of aromatic nitrogens is 2. The number of fused-ring (bicyclic) bond motifs is 1. The van der Waals surface area contributed by atoms with Crippen LogP contribution in [0.5, 0.6) is 0 Å². The van der Waals surface area contributed by atoms with Crippen molar-refractivity contribution in [3.05, 3.63) is 12.0 Å². The Morgan fingerprint density at radius 2 is 2.16 bits per heavy atom. The van der Waals surface area contributed by atoms with E-state index in [9.17, 15) is 24.4 Å². The van der Waals surface area contributed by atoms with Crippen molar-refractivity contribution in [2.24, 2.45) is 4.99 Å². The van der Waals surface area contributed by atoms with Crippen LogP contribution < -0.4 is 0 Å². The van der Waals surface area contributed by atoms with E-state index in [1.54, 1.807) is 0 Å². The number of carbonyl (C=O) groups excluding carboxylic acids is 2. The number of nitrogens with zero attached hydrogens (tertiary/aromatic N) is 4. The minimum Gasteiger partial charge on any atom is -0.387 e. The van der Waals surface area contributed by atoms with Crippen LogP contribution in [0, 0.1) is 0 Å². The highest BCUT2D eigenvalue weighted by molar-refractivity contribution is 8.13. The van der Waals surface area contributed by atoms with Crippen LogP contribution in [0.25, 0.3) is 0 Å². The van der Waals surface area contributed by atoms with E-state index in [1.165, 1.54) is 49.7 Å². The molecule has 1 aromatic heterocycles. The molecule has 1 saturated heterocycles. The SMILES string of the molecule is CC(=O)SCCOP(=O)(OC[C@@]1(C)O[C@@H](n2cnc3c2N=CCC3=O)C(O)[C@H]1O)N(C)C. The van der Waals surface area contributed by atoms with Crippen LogP contribution in [-0.2, 0) is 23.1 Å². The summed E-state index contributed by atoms with van der Waals surface area (Å²) in [6.07, 6.45) is -0.989. The Morgan fingerprint density at radius 3 is 2.81 bits per heavy atom. The molecular weight excluding hydrogens is 463 g/mol. The molecule has 32 heavy (non-hydrogen) atoms. The number of rotatable bonds is 9. The summed E-state index contributed by atoms with van der Waals surface area (Å²) < 4.78 is 32.6. The molecule has 2 aliphatic heterocycles. The maximum absolute atomic E-state index is 13.1. The largest absolute Gasteiger partial charge is 0.407 e. The first-order valence-electron chi connectivity index (χ1n) is 9.85. The van der Waals surface area contributed by atoms with E-state index in [0.29, 0.717) is 5.75 Å². The molecule has 0 saturated carbocycles. The number of carbonyl (C=O) groups is 2. The Hall–Kier alpha value is -1.44. The summed E-state index contributed by atoms with van der Waals surface area (Å²) >= 11 is 1.04. The second-order valence-corrected chi connectivity index (χ2v) is 11.3. The predicted molar refractivity (Wildman–Crippen MR) is 116 cm³/mol. The van der Waals surface area contributed by atoms with Gasteiger partial charge in [0, 0.05) is 25.3 Å². The molecule has 178 valence electrons. The maximum atomic E-state index is 13.1. The van der Waals surface area contributed by atoms with Gasteiger partial charge in [-0.15, -0.1) is 0 Å². The molecule has 0 radical (unpaired) electrons. The molecule has 12 nitrogen and oxygen atoms in total. The van der Waals surface area contributed by atoms with Crippen LogP contribution in [0.15, 0.2) is 11.3 Å². The van der Waals surface area contributed by atoms with Gasteiger partial charge in [-0.1, -0.05) is 11.8 Å². The molecule has 2 aliphatic rings. The lowest BCUT2D eigenvalue weighted by atomic mass is 9.99. The first kappa shape index (κ1) is 25.2. The van der Waals surface area contributed by atoms with E-state index in [0.717, 1.165) is 11.8 Å². The summed E-state index contributed by atoms with van der Waals surface area (Å²) in [4.78, 5) is 31.3. The van der Waals surface area contributed by atoms with Gasteiger partial charge in [-0.25, -0.2) is 19.2 Å². The Kier molecular flexibility index (Phi) is 7.73. The lowest BCUT2D eigenvalue weighted by Gasteiger charge is -2.31. The van der Waals surface area contributed by atoms with Gasteiger partial charge in [-0.3, -0.25) is 23.2 Å². The number of aliphatic hydroxyl groups excluding tert-OH is 2. The number of hydrogen-bond acceptors (Lipinski definition) is 11. The topological polar surface area (TPSA) is 153 Å².